The molecule has 0 fully saturated rings. The molecule has 1 aromatic rings. The average molecular weight is 252 g/mol. The summed E-state index contributed by atoms with van der Waals surface area (Å²) in [6, 6.07) is 3.43. The Morgan fingerprint density at radius 1 is 1.56 bits per heavy atom. The molecule has 0 unspecified atom stereocenters. The molecule has 98 valence electrons. The van der Waals surface area contributed by atoms with E-state index in [-0.39, 0.29) is 12.4 Å². The van der Waals surface area contributed by atoms with Crippen LogP contribution in [0.25, 0.3) is 0 Å². The van der Waals surface area contributed by atoms with E-state index in [0.29, 0.717) is 12.0 Å². The number of rotatable bonds is 3. The number of carbonyl (C=O) groups excluding carboxylic acids is 1. The van der Waals surface area contributed by atoms with Crippen LogP contribution in [-0.2, 0) is 17.6 Å². The van der Waals surface area contributed by atoms with Crippen LogP contribution in [0.15, 0.2) is 12.1 Å². The number of nitrogens with two attached hydrogens (primary N) is 1. The lowest BCUT2D eigenvalue weighted by molar-refractivity contribution is 0.158. The Bertz CT molecular complexity index is 463. The molecule has 1 aliphatic rings. The maximum Gasteiger partial charge on any atom is 0.404 e. The average Bonchev–Trinajstić information content (AvgIpc) is 2.31. The SMILES string of the molecule is CN1CCCc2cc(CCOC(N)=O)c(F)cc21. The number of anilines is 1. The summed E-state index contributed by atoms with van der Waals surface area (Å²) in [5.74, 6) is -0.254. The van der Waals surface area contributed by atoms with Crippen LogP contribution in [0.3, 0.4) is 0 Å². The van der Waals surface area contributed by atoms with Gasteiger partial charge in [-0.05, 0) is 30.0 Å². The normalized spacial score (nSPS) is 14.2. The van der Waals surface area contributed by atoms with E-state index in [1.807, 2.05) is 13.1 Å². The second-order valence-electron chi connectivity index (χ2n) is 4.51. The number of hydrogen-bond donors (Lipinski definition) is 1. The van der Waals surface area contributed by atoms with E-state index in [0.717, 1.165) is 30.6 Å². The van der Waals surface area contributed by atoms with E-state index < -0.39 is 6.09 Å². The molecule has 1 aromatic carbocycles. The van der Waals surface area contributed by atoms with Crippen molar-refractivity contribution in [3.63, 3.8) is 0 Å². The van der Waals surface area contributed by atoms with Gasteiger partial charge < -0.3 is 15.4 Å². The molecule has 1 aliphatic heterocycles. The van der Waals surface area contributed by atoms with Crippen molar-refractivity contribution in [2.75, 3.05) is 25.1 Å². The predicted octanol–water partition coefficient (Wildman–Crippen LogP) is 1.85. The zero-order chi connectivity index (χ0) is 13.1. The highest BCUT2D eigenvalue weighted by Gasteiger charge is 2.16. The second-order valence-corrected chi connectivity index (χ2v) is 4.51. The van der Waals surface area contributed by atoms with E-state index >= 15 is 0 Å². The number of benzene rings is 1. The molecule has 18 heavy (non-hydrogen) atoms. The lowest BCUT2D eigenvalue weighted by atomic mass is 9.98. The van der Waals surface area contributed by atoms with Crippen LogP contribution in [0, 0.1) is 5.82 Å². The number of carbonyl (C=O) groups is 1. The lowest BCUT2D eigenvalue weighted by Crippen LogP contribution is -2.25. The highest BCUT2D eigenvalue weighted by atomic mass is 19.1. The molecule has 0 atom stereocenters. The number of primary amides is 1. The van der Waals surface area contributed by atoms with Crippen molar-refractivity contribution in [3.05, 3.63) is 29.1 Å². The first-order valence-electron chi connectivity index (χ1n) is 6.02. The zero-order valence-electron chi connectivity index (χ0n) is 10.4. The van der Waals surface area contributed by atoms with Crippen molar-refractivity contribution >= 4 is 11.8 Å². The van der Waals surface area contributed by atoms with E-state index in [9.17, 15) is 9.18 Å². The van der Waals surface area contributed by atoms with Crippen LogP contribution in [0.1, 0.15) is 17.5 Å². The van der Waals surface area contributed by atoms with Crippen LogP contribution in [0.4, 0.5) is 14.9 Å². The largest absolute Gasteiger partial charge is 0.449 e. The molecular weight excluding hydrogens is 235 g/mol. The quantitative estimate of drug-likeness (QED) is 0.893. The molecule has 0 spiro atoms. The molecular formula is C13H17FN2O2. The van der Waals surface area contributed by atoms with Gasteiger partial charge in [0.1, 0.15) is 5.82 Å². The van der Waals surface area contributed by atoms with Gasteiger partial charge in [-0.25, -0.2) is 9.18 Å². The first-order valence-corrected chi connectivity index (χ1v) is 6.02. The Morgan fingerprint density at radius 3 is 3.06 bits per heavy atom. The Labute approximate surface area is 106 Å². The highest BCUT2D eigenvalue weighted by molar-refractivity contribution is 5.64. The highest BCUT2D eigenvalue weighted by Crippen LogP contribution is 2.28. The maximum atomic E-state index is 13.9. The molecule has 1 amide bonds. The van der Waals surface area contributed by atoms with E-state index in [1.165, 1.54) is 0 Å². The molecule has 0 aromatic heterocycles. The first kappa shape index (κ1) is 12.7. The Balaban J connectivity index is 2.14. The van der Waals surface area contributed by atoms with Crippen LogP contribution >= 0.6 is 0 Å². The van der Waals surface area contributed by atoms with Crippen LogP contribution in [0.2, 0.25) is 0 Å². The summed E-state index contributed by atoms with van der Waals surface area (Å²) in [5.41, 5.74) is 7.55. The second kappa shape index (κ2) is 5.25. The van der Waals surface area contributed by atoms with E-state index in [1.54, 1.807) is 6.07 Å². The third-order valence-corrected chi connectivity index (χ3v) is 3.21. The Hall–Kier alpha value is -1.78. The number of ether oxygens (including phenoxy) is 1. The van der Waals surface area contributed by atoms with E-state index in [2.05, 4.69) is 9.64 Å². The fourth-order valence-corrected chi connectivity index (χ4v) is 2.29. The zero-order valence-corrected chi connectivity index (χ0v) is 10.4. The third kappa shape index (κ3) is 2.72. The number of halogens is 1. The van der Waals surface area contributed by atoms with Gasteiger partial charge in [-0.15, -0.1) is 0 Å². The minimum Gasteiger partial charge on any atom is -0.449 e. The molecule has 0 radical (unpaired) electrons. The lowest BCUT2D eigenvalue weighted by Gasteiger charge is -2.28. The van der Waals surface area contributed by atoms with Gasteiger partial charge in [-0.1, -0.05) is 6.07 Å². The van der Waals surface area contributed by atoms with Crippen molar-refractivity contribution in [2.24, 2.45) is 5.73 Å². The van der Waals surface area contributed by atoms with Gasteiger partial charge in [-0.3, -0.25) is 0 Å². The molecule has 1 heterocycles. The molecule has 0 aliphatic carbocycles. The van der Waals surface area contributed by atoms with Gasteiger partial charge >= 0.3 is 6.09 Å². The van der Waals surface area contributed by atoms with Crippen molar-refractivity contribution in [2.45, 2.75) is 19.3 Å². The van der Waals surface area contributed by atoms with E-state index in [4.69, 9.17) is 5.73 Å². The summed E-state index contributed by atoms with van der Waals surface area (Å²) < 4.78 is 18.5. The van der Waals surface area contributed by atoms with Gasteiger partial charge in [0, 0.05) is 25.7 Å². The van der Waals surface area contributed by atoms with Gasteiger partial charge in [0.2, 0.25) is 0 Å². The van der Waals surface area contributed by atoms with Crippen molar-refractivity contribution in [3.8, 4) is 0 Å². The molecule has 5 heteroatoms. The summed E-state index contributed by atoms with van der Waals surface area (Å²) in [4.78, 5) is 12.5. The fourth-order valence-electron chi connectivity index (χ4n) is 2.29. The Kier molecular flexibility index (Phi) is 3.69. The molecule has 2 rings (SSSR count). The smallest absolute Gasteiger partial charge is 0.404 e. The molecule has 0 saturated carbocycles. The van der Waals surface area contributed by atoms with Crippen LogP contribution in [-0.4, -0.2) is 26.3 Å². The van der Waals surface area contributed by atoms with Crippen molar-refractivity contribution in [1.29, 1.82) is 0 Å². The number of aryl methyl sites for hydroxylation is 1. The maximum absolute atomic E-state index is 13.9. The summed E-state index contributed by atoms with van der Waals surface area (Å²) in [5, 5.41) is 0. The monoisotopic (exact) mass is 252 g/mol. The van der Waals surface area contributed by atoms with Gasteiger partial charge in [0.15, 0.2) is 0 Å². The van der Waals surface area contributed by atoms with Crippen LogP contribution < -0.4 is 10.6 Å². The van der Waals surface area contributed by atoms with Crippen LogP contribution in [0.5, 0.6) is 0 Å². The molecule has 2 N–H and O–H groups in total. The number of hydrogen-bond acceptors (Lipinski definition) is 3. The first-order chi connectivity index (χ1) is 8.58. The summed E-state index contributed by atoms with van der Waals surface area (Å²) in [6.07, 6.45) is 1.56. The van der Waals surface area contributed by atoms with Gasteiger partial charge in [0.25, 0.3) is 0 Å². The number of amides is 1. The minimum absolute atomic E-state index is 0.112. The number of nitrogens with zero attached hydrogens (tertiary/aromatic N) is 1. The summed E-state index contributed by atoms with van der Waals surface area (Å²) in [7, 11) is 1.97. The standard InChI is InChI=1S/C13H17FN2O2/c1-16-5-2-3-10-7-9(4-6-18-13(15)17)11(14)8-12(10)16/h7-8H,2-6H2,1H3,(H2,15,17). The summed E-state index contributed by atoms with van der Waals surface area (Å²) >= 11 is 0. The molecule has 4 nitrogen and oxygen atoms in total. The fraction of sp³-hybridized carbons (Fsp3) is 0.462. The topological polar surface area (TPSA) is 55.6 Å². The van der Waals surface area contributed by atoms with Gasteiger partial charge in [0.05, 0.1) is 6.61 Å². The van der Waals surface area contributed by atoms with Crippen molar-refractivity contribution in [1.82, 2.24) is 0 Å². The summed E-state index contributed by atoms with van der Waals surface area (Å²) in [6.45, 7) is 1.07. The third-order valence-electron chi connectivity index (χ3n) is 3.21. The molecule has 0 saturated heterocycles. The minimum atomic E-state index is -0.826. The van der Waals surface area contributed by atoms with Gasteiger partial charge in [-0.2, -0.15) is 0 Å². The molecule has 0 bridgehead atoms. The number of fused-ring (bicyclic) bond motifs is 1. The van der Waals surface area contributed by atoms with Crippen molar-refractivity contribution < 1.29 is 13.9 Å². The predicted molar refractivity (Wildman–Crippen MR) is 67.2 cm³/mol. The Morgan fingerprint density at radius 2 is 2.33 bits per heavy atom.